The van der Waals surface area contributed by atoms with Gasteiger partial charge in [0, 0.05) is 18.3 Å². The van der Waals surface area contributed by atoms with E-state index in [-0.39, 0.29) is 17.3 Å². The molecule has 1 aromatic heterocycles. The number of benzene rings is 2. The largest absolute Gasteiger partial charge is 0.469 e. The van der Waals surface area contributed by atoms with Crippen LogP contribution in [0.5, 0.6) is 0 Å². The average Bonchev–Trinajstić information content (AvgIpc) is 3.29. The summed E-state index contributed by atoms with van der Waals surface area (Å²) in [4.78, 5) is 11.6. The van der Waals surface area contributed by atoms with Gasteiger partial charge in [-0.05, 0) is 54.7 Å². The first-order valence-electron chi connectivity index (χ1n) is 11.4. The van der Waals surface area contributed by atoms with Gasteiger partial charge in [-0.2, -0.15) is 22.6 Å². The summed E-state index contributed by atoms with van der Waals surface area (Å²) < 4.78 is 73.8. The number of esters is 1. The molecular formula is C25H26F3N3O4S. The van der Waals surface area contributed by atoms with Gasteiger partial charge >= 0.3 is 12.1 Å². The van der Waals surface area contributed by atoms with Crippen molar-refractivity contribution >= 4 is 16.0 Å². The van der Waals surface area contributed by atoms with Crippen LogP contribution in [0.3, 0.4) is 0 Å². The molecule has 0 radical (unpaired) electrons. The van der Waals surface area contributed by atoms with E-state index in [1.165, 1.54) is 48.8 Å². The number of alkyl halides is 3. The van der Waals surface area contributed by atoms with Crippen LogP contribution in [0.25, 0.3) is 11.1 Å². The van der Waals surface area contributed by atoms with E-state index < -0.39 is 27.8 Å². The third kappa shape index (κ3) is 5.17. The van der Waals surface area contributed by atoms with E-state index in [1.54, 1.807) is 16.9 Å². The highest BCUT2D eigenvalue weighted by Gasteiger charge is 2.34. The van der Waals surface area contributed by atoms with Crippen LogP contribution >= 0.6 is 0 Å². The van der Waals surface area contributed by atoms with Crippen LogP contribution in [-0.2, 0) is 38.7 Å². The predicted molar refractivity (Wildman–Crippen MR) is 126 cm³/mol. The summed E-state index contributed by atoms with van der Waals surface area (Å²) in [7, 11) is -1.05. The Morgan fingerprint density at radius 3 is 2.56 bits per heavy atom. The normalized spacial score (nSPS) is 16.1. The zero-order valence-corrected chi connectivity index (χ0v) is 20.6. The molecule has 2 aromatic carbocycles. The molecule has 0 aliphatic heterocycles. The zero-order valence-electron chi connectivity index (χ0n) is 19.8. The Labute approximate surface area is 207 Å². The van der Waals surface area contributed by atoms with Crippen LogP contribution in [0.2, 0.25) is 0 Å². The summed E-state index contributed by atoms with van der Waals surface area (Å²) in [5.74, 6) is -0.347. The van der Waals surface area contributed by atoms with Gasteiger partial charge in [0.05, 0.1) is 42.8 Å². The maximum atomic E-state index is 13.4. The van der Waals surface area contributed by atoms with Crippen molar-refractivity contribution in [3.63, 3.8) is 0 Å². The Hall–Kier alpha value is -3.18. The quantitative estimate of drug-likeness (QED) is 0.416. The number of aryl methyl sites for hydroxylation is 1. The number of rotatable bonds is 7. The fourth-order valence-corrected chi connectivity index (χ4v) is 5.86. The Morgan fingerprint density at radius 1 is 1.17 bits per heavy atom. The molecule has 0 N–H and O–H groups in total. The molecule has 36 heavy (non-hydrogen) atoms. The number of fused-ring (bicyclic) bond motifs is 1. The molecule has 0 unspecified atom stereocenters. The van der Waals surface area contributed by atoms with Crippen LogP contribution in [0, 0.1) is 0 Å². The number of ether oxygens (including phenoxy) is 1. The first-order chi connectivity index (χ1) is 17.0. The van der Waals surface area contributed by atoms with E-state index in [2.05, 4.69) is 9.84 Å². The third-order valence-electron chi connectivity index (χ3n) is 6.48. The lowest BCUT2D eigenvalue weighted by Crippen LogP contribution is -2.33. The SMILES string of the molecule is COC(=O)CCn1ncc2c1CCC[C@H]2N(C)S(=O)(=O)c1ccc(-c2cccc(C(F)(F)F)c2)cc1. The first-order valence-corrected chi connectivity index (χ1v) is 12.8. The monoisotopic (exact) mass is 521 g/mol. The van der Waals surface area contributed by atoms with Gasteiger partial charge in [0.25, 0.3) is 0 Å². The molecule has 11 heteroatoms. The fourth-order valence-electron chi connectivity index (χ4n) is 4.49. The third-order valence-corrected chi connectivity index (χ3v) is 8.36. The van der Waals surface area contributed by atoms with Crippen molar-refractivity contribution in [1.82, 2.24) is 14.1 Å². The second-order valence-corrected chi connectivity index (χ2v) is 10.6. The second kappa shape index (κ2) is 10.1. The van der Waals surface area contributed by atoms with Gasteiger partial charge < -0.3 is 4.74 Å². The highest BCUT2D eigenvalue weighted by molar-refractivity contribution is 7.89. The Balaban J connectivity index is 1.56. The number of aromatic nitrogens is 2. The molecule has 3 aromatic rings. The minimum Gasteiger partial charge on any atom is -0.469 e. The summed E-state index contributed by atoms with van der Waals surface area (Å²) in [6, 6.07) is 10.3. The topological polar surface area (TPSA) is 81.5 Å². The van der Waals surface area contributed by atoms with Gasteiger partial charge in [0.15, 0.2) is 0 Å². The Bertz CT molecular complexity index is 1350. The van der Waals surface area contributed by atoms with Crippen molar-refractivity contribution in [1.29, 1.82) is 0 Å². The summed E-state index contributed by atoms with van der Waals surface area (Å²) in [5, 5.41) is 4.37. The van der Waals surface area contributed by atoms with Crippen LogP contribution in [0.1, 0.15) is 42.1 Å². The molecule has 192 valence electrons. The van der Waals surface area contributed by atoms with E-state index in [9.17, 15) is 26.4 Å². The maximum absolute atomic E-state index is 13.4. The number of sulfonamides is 1. The van der Waals surface area contributed by atoms with E-state index in [1.807, 2.05) is 0 Å². The molecule has 4 rings (SSSR count). The molecule has 1 aliphatic carbocycles. The molecule has 1 atom stereocenters. The first kappa shape index (κ1) is 25.9. The molecule has 0 bridgehead atoms. The molecule has 1 heterocycles. The number of halogens is 3. The highest BCUT2D eigenvalue weighted by atomic mass is 32.2. The minimum atomic E-state index is -4.46. The number of nitrogens with zero attached hydrogens (tertiary/aromatic N) is 3. The molecule has 0 fully saturated rings. The van der Waals surface area contributed by atoms with Crippen molar-refractivity contribution in [3.05, 3.63) is 71.5 Å². The number of carbonyl (C=O) groups is 1. The van der Waals surface area contributed by atoms with Crippen molar-refractivity contribution in [2.75, 3.05) is 14.2 Å². The molecule has 0 saturated carbocycles. The van der Waals surface area contributed by atoms with E-state index in [4.69, 9.17) is 0 Å². The fraction of sp³-hybridized carbons (Fsp3) is 0.360. The number of methoxy groups -OCH3 is 1. The van der Waals surface area contributed by atoms with Crippen LogP contribution in [0.15, 0.2) is 59.6 Å². The summed E-state index contributed by atoms with van der Waals surface area (Å²) >= 11 is 0. The number of hydrogen-bond donors (Lipinski definition) is 0. The summed E-state index contributed by atoms with van der Waals surface area (Å²) in [6.45, 7) is 0.349. The zero-order chi connectivity index (χ0) is 26.1. The molecular weight excluding hydrogens is 495 g/mol. The predicted octanol–water partition coefficient (Wildman–Crippen LogP) is 4.83. The lowest BCUT2D eigenvalue weighted by Gasteiger charge is -2.31. The maximum Gasteiger partial charge on any atom is 0.416 e. The van der Waals surface area contributed by atoms with Gasteiger partial charge in [-0.25, -0.2) is 8.42 Å². The van der Waals surface area contributed by atoms with Crippen molar-refractivity contribution in [2.45, 2.75) is 49.3 Å². The second-order valence-electron chi connectivity index (χ2n) is 8.63. The van der Waals surface area contributed by atoms with Crippen LogP contribution < -0.4 is 0 Å². The minimum absolute atomic E-state index is 0.0472. The van der Waals surface area contributed by atoms with Gasteiger partial charge in [-0.15, -0.1) is 0 Å². The van der Waals surface area contributed by atoms with Crippen LogP contribution in [-0.4, -0.2) is 42.6 Å². The summed E-state index contributed by atoms with van der Waals surface area (Å²) in [6.07, 6.45) is -0.537. The van der Waals surface area contributed by atoms with Gasteiger partial charge in [0.1, 0.15) is 0 Å². The lowest BCUT2D eigenvalue weighted by molar-refractivity contribution is -0.141. The smallest absolute Gasteiger partial charge is 0.416 e. The molecule has 1 aliphatic rings. The van der Waals surface area contributed by atoms with E-state index >= 15 is 0 Å². The lowest BCUT2D eigenvalue weighted by atomic mass is 9.93. The van der Waals surface area contributed by atoms with Gasteiger partial charge in [-0.3, -0.25) is 9.48 Å². The van der Waals surface area contributed by atoms with Crippen LogP contribution in [0.4, 0.5) is 13.2 Å². The van der Waals surface area contributed by atoms with E-state index in [0.717, 1.165) is 36.2 Å². The molecule has 7 nitrogen and oxygen atoms in total. The van der Waals surface area contributed by atoms with E-state index in [0.29, 0.717) is 24.1 Å². The van der Waals surface area contributed by atoms with Crippen molar-refractivity contribution < 1.29 is 31.1 Å². The van der Waals surface area contributed by atoms with Crippen molar-refractivity contribution in [3.8, 4) is 11.1 Å². The van der Waals surface area contributed by atoms with Gasteiger partial charge in [-0.1, -0.05) is 24.3 Å². The Kier molecular flexibility index (Phi) is 7.24. The van der Waals surface area contributed by atoms with Crippen molar-refractivity contribution in [2.24, 2.45) is 0 Å². The standard InChI is InChI=1S/C25H26F3N3O4S/c1-30(22-7-4-8-23-21(22)16-29-31(23)14-13-24(32)35-2)36(33,34)20-11-9-17(10-12-20)18-5-3-6-19(15-18)25(26,27)28/h3,5-6,9-12,15-16,22H,4,7-8,13-14H2,1-2H3/t22-/m1/s1. The number of hydrogen-bond acceptors (Lipinski definition) is 5. The summed E-state index contributed by atoms with van der Waals surface area (Å²) in [5.41, 5.74) is 1.76. The molecule has 0 amide bonds. The highest BCUT2D eigenvalue weighted by Crippen LogP contribution is 2.37. The number of carbonyl (C=O) groups excluding carboxylic acids is 1. The Morgan fingerprint density at radius 2 is 1.89 bits per heavy atom. The molecule has 0 spiro atoms. The molecule has 0 saturated heterocycles. The van der Waals surface area contributed by atoms with Gasteiger partial charge in [0.2, 0.25) is 10.0 Å². The average molecular weight is 522 g/mol.